The molecule has 118 valence electrons. The molecule has 4 rings (SSSR count). The van der Waals surface area contributed by atoms with Crippen LogP contribution in [0.2, 0.25) is 0 Å². The first-order valence-electron chi connectivity index (χ1n) is 8.17. The molecule has 0 unspecified atom stereocenters. The zero-order chi connectivity index (χ0) is 16.5. The van der Waals surface area contributed by atoms with Crippen LogP contribution in [-0.4, -0.2) is 12.9 Å². The number of benzene rings is 3. The number of ketones is 1. The number of carbonyl (C=O) groups is 1. The molecule has 0 spiro atoms. The summed E-state index contributed by atoms with van der Waals surface area (Å²) in [7, 11) is 1.67. The lowest BCUT2D eigenvalue weighted by Crippen LogP contribution is -2.13. The summed E-state index contributed by atoms with van der Waals surface area (Å²) in [6.45, 7) is 0. The lowest BCUT2D eigenvalue weighted by Gasteiger charge is -2.18. The van der Waals surface area contributed by atoms with E-state index >= 15 is 0 Å². The number of ether oxygens (including phenoxy) is 1. The van der Waals surface area contributed by atoms with Crippen LogP contribution < -0.4 is 4.74 Å². The SMILES string of the molecule is COc1ccc2ccccc2c1C=C1CCc2ccccc2C1=O. The Kier molecular flexibility index (Phi) is 3.66. The highest BCUT2D eigenvalue weighted by molar-refractivity contribution is 6.14. The zero-order valence-electron chi connectivity index (χ0n) is 13.6. The van der Waals surface area contributed by atoms with Gasteiger partial charge in [-0.05, 0) is 41.3 Å². The topological polar surface area (TPSA) is 26.3 Å². The lowest BCUT2D eigenvalue weighted by atomic mass is 9.85. The van der Waals surface area contributed by atoms with Gasteiger partial charge in [0.1, 0.15) is 5.75 Å². The Morgan fingerprint density at radius 1 is 0.917 bits per heavy atom. The van der Waals surface area contributed by atoms with E-state index in [9.17, 15) is 4.79 Å². The maximum atomic E-state index is 12.8. The summed E-state index contributed by atoms with van der Waals surface area (Å²) < 4.78 is 5.54. The summed E-state index contributed by atoms with van der Waals surface area (Å²) in [5.41, 5.74) is 3.81. The molecule has 0 saturated carbocycles. The van der Waals surface area contributed by atoms with E-state index in [1.54, 1.807) is 7.11 Å². The molecule has 0 saturated heterocycles. The number of carbonyl (C=O) groups excluding carboxylic acids is 1. The molecule has 0 aliphatic heterocycles. The molecule has 0 fully saturated rings. The maximum absolute atomic E-state index is 12.8. The minimum atomic E-state index is 0.131. The minimum Gasteiger partial charge on any atom is -0.496 e. The van der Waals surface area contributed by atoms with Crippen molar-refractivity contribution in [3.05, 3.63) is 82.9 Å². The van der Waals surface area contributed by atoms with Crippen LogP contribution >= 0.6 is 0 Å². The molecule has 2 heteroatoms. The van der Waals surface area contributed by atoms with Crippen LogP contribution in [0.15, 0.2) is 66.2 Å². The lowest BCUT2D eigenvalue weighted by molar-refractivity contribution is 0.102. The van der Waals surface area contributed by atoms with Crippen molar-refractivity contribution >= 4 is 22.6 Å². The third-order valence-corrected chi connectivity index (χ3v) is 4.69. The molecule has 3 aromatic rings. The van der Waals surface area contributed by atoms with E-state index in [-0.39, 0.29) is 5.78 Å². The van der Waals surface area contributed by atoms with Gasteiger partial charge >= 0.3 is 0 Å². The van der Waals surface area contributed by atoms with Crippen molar-refractivity contribution in [2.75, 3.05) is 7.11 Å². The second-order valence-electron chi connectivity index (χ2n) is 6.06. The van der Waals surface area contributed by atoms with E-state index in [0.29, 0.717) is 0 Å². The van der Waals surface area contributed by atoms with E-state index in [0.717, 1.165) is 51.6 Å². The predicted molar refractivity (Wildman–Crippen MR) is 97.6 cm³/mol. The van der Waals surface area contributed by atoms with E-state index < -0.39 is 0 Å². The second kappa shape index (κ2) is 5.97. The Balaban J connectivity index is 1.87. The zero-order valence-corrected chi connectivity index (χ0v) is 13.6. The van der Waals surface area contributed by atoms with Crippen LogP contribution in [0.3, 0.4) is 0 Å². The Morgan fingerprint density at radius 3 is 2.58 bits per heavy atom. The fourth-order valence-corrected chi connectivity index (χ4v) is 3.43. The molecule has 0 N–H and O–H groups in total. The van der Waals surface area contributed by atoms with Gasteiger partial charge in [0.05, 0.1) is 7.11 Å². The molecule has 0 atom stereocenters. The molecule has 0 aromatic heterocycles. The smallest absolute Gasteiger partial charge is 0.189 e. The molecule has 0 amide bonds. The Hall–Kier alpha value is -2.87. The number of methoxy groups -OCH3 is 1. The molecule has 1 aliphatic rings. The first kappa shape index (κ1) is 14.7. The fourth-order valence-electron chi connectivity index (χ4n) is 3.43. The van der Waals surface area contributed by atoms with Gasteiger partial charge in [-0.3, -0.25) is 4.79 Å². The Labute approximate surface area is 141 Å². The summed E-state index contributed by atoms with van der Waals surface area (Å²) in [4.78, 5) is 12.8. The van der Waals surface area contributed by atoms with Crippen LogP contribution in [0.1, 0.15) is 27.9 Å². The van der Waals surface area contributed by atoms with Gasteiger partial charge in [-0.15, -0.1) is 0 Å². The van der Waals surface area contributed by atoms with Gasteiger partial charge < -0.3 is 4.74 Å². The quantitative estimate of drug-likeness (QED) is 0.618. The van der Waals surface area contributed by atoms with Gasteiger partial charge in [0.2, 0.25) is 0 Å². The number of hydrogen-bond donors (Lipinski definition) is 0. The molecular weight excluding hydrogens is 296 g/mol. The third kappa shape index (κ3) is 2.41. The van der Waals surface area contributed by atoms with Gasteiger partial charge in [-0.2, -0.15) is 0 Å². The van der Waals surface area contributed by atoms with Crippen LogP contribution in [0.5, 0.6) is 5.75 Å². The number of Topliss-reactive ketones (excluding diaryl/α,β-unsaturated/α-hetero) is 1. The standard InChI is InChI=1S/C22H18O2/c1-24-21-13-12-15-6-2-4-8-18(15)20(21)14-17-11-10-16-7-3-5-9-19(16)22(17)23/h2-9,12-14H,10-11H2,1H3. The second-order valence-corrected chi connectivity index (χ2v) is 6.06. The van der Waals surface area contributed by atoms with Crippen LogP contribution in [-0.2, 0) is 6.42 Å². The highest BCUT2D eigenvalue weighted by Gasteiger charge is 2.22. The van der Waals surface area contributed by atoms with Gasteiger partial charge in [0.15, 0.2) is 5.78 Å². The van der Waals surface area contributed by atoms with Crippen molar-refractivity contribution in [2.45, 2.75) is 12.8 Å². The van der Waals surface area contributed by atoms with Crippen LogP contribution in [0, 0.1) is 0 Å². The molecule has 1 aliphatic carbocycles. The molecular formula is C22H18O2. The van der Waals surface area contributed by atoms with Gasteiger partial charge in [0.25, 0.3) is 0 Å². The number of hydrogen-bond acceptors (Lipinski definition) is 2. The van der Waals surface area contributed by atoms with Gasteiger partial charge in [-0.25, -0.2) is 0 Å². The molecule has 3 aromatic carbocycles. The maximum Gasteiger partial charge on any atom is 0.189 e. The number of aryl methyl sites for hydroxylation is 1. The van der Waals surface area contributed by atoms with Crippen molar-refractivity contribution < 1.29 is 9.53 Å². The normalized spacial score (nSPS) is 15.5. The van der Waals surface area contributed by atoms with Crippen LogP contribution in [0.25, 0.3) is 16.8 Å². The molecule has 0 bridgehead atoms. The predicted octanol–water partition coefficient (Wildman–Crippen LogP) is 5.06. The molecule has 0 radical (unpaired) electrons. The number of rotatable bonds is 2. The average Bonchev–Trinajstić information content (AvgIpc) is 2.64. The van der Waals surface area contributed by atoms with Crippen molar-refractivity contribution in [3.63, 3.8) is 0 Å². The minimum absolute atomic E-state index is 0.131. The summed E-state index contributed by atoms with van der Waals surface area (Å²) >= 11 is 0. The van der Waals surface area contributed by atoms with Crippen molar-refractivity contribution in [2.24, 2.45) is 0 Å². The van der Waals surface area contributed by atoms with Gasteiger partial charge in [-0.1, -0.05) is 54.6 Å². The van der Waals surface area contributed by atoms with Crippen molar-refractivity contribution in [1.29, 1.82) is 0 Å². The number of allylic oxidation sites excluding steroid dienone is 1. The summed E-state index contributed by atoms with van der Waals surface area (Å²) in [5.74, 6) is 0.930. The summed E-state index contributed by atoms with van der Waals surface area (Å²) in [5, 5.41) is 2.25. The average molecular weight is 314 g/mol. The number of fused-ring (bicyclic) bond motifs is 2. The van der Waals surface area contributed by atoms with Crippen molar-refractivity contribution in [3.8, 4) is 5.75 Å². The fraction of sp³-hybridized carbons (Fsp3) is 0.136. The summed E-state index contributed by atoms with van der Waals surface area (Å²) in [6.07, 6.45) is 3.68. The van der Waals surface area contributed by atoms with Gasteiger partial charge in [0, 0.05) is 16.7 Å². The first-order valence-corrected chi connectivity index (χ1v) is 8.17. The van der Waals surface area contributed by atoms with Crippen molar-refractivity contribution in [1.82, 2.24) is 0 Å². The molecule has 2 nitrogen and oxygen atoms in total. The highest BCUT2D eigenvalue weighted by atomic mass is 16.5. The Morgan fingerprint density at radius 2 is 1.71 bits per heavy atom. The highest BCUT2D eigenvalue weighted by Crippen LogP contribution is 2.33. The Bertz CT molecular complexity index is 967. The molecule has 24 heavy (non-hydrogen) atoms. The van der Waals surface area contributed by atoms with E-state index in [2.05, 4.69) is 12.1 Å². The summed E-state index contributed by atoms with van der Waals surface area (Å²) in [6, 6.07) is 20.1. The monoisotopic (exact) mass is 314 g/mol. The van der Waals surface area contributed by atoms with E-state index in [1.807, 2.05) is 54.6 Å². The first-order chi connectivity index (χ1) is 11.8. The largest absolute Gasteiger partial charge is 0.496 e. The molecule has 0 heterocycles. The third-order valence-electron chi connectivity index (χ3n) is 4.69. The van der Waals surface area contributed by atoms with E-state index in [1.165, 1.54) is 0 Å². The van der Waals surface area contributed by atoms with Crippen LogP contribution in [0.4, 0.5) is 0 Å². The van der Waals surface area contributed by atoms with E-state index in [4.69, 9.17) is 4.74 Å².